The first kappa shape index (κ1) is 14.5. The van der Waals surface area contributed by atoms with Gasteiger partial charge in [0.15, 0.2) is 0 Å². The van der Waals surface area contributed by atoms with Crippen molar-refractivity contribution < 1.29 is 18.0 Å². The van der Waals surface area contributed by atoms with E-state index in [0.29, 0.717) is 0 Å². The number of hydrogen-bond acceptors (Lipinski definition) is 4. The minimum absolute atomic E-state index is 0.124. The van der Waals surface area contributed by atoms with Gasteiger partial charge in [0.25, 0.3) is 5.91 Å². The topological polar surface area (TPSA) is 104 Å². The summed E-state index contributed by atoms with van der Waals surface area (Å²) in [4.78, 5) is 22.3. The average Bonchev–Trinajstić information content (AvgIpc) is 2.75. The maximum atomic E-state index is 12.0. The zero-order valence-electron chi connectivity index (χ0n) is 10.8. The molecule has 3 amide bonds. The molecule has 1 aliphatic heterocycles. The van der Waals surface area contributed by atoms with Crippen molar-refractivity contribution >= 4 is 22.0 Å². The number of carbonyl (C=O) groups excluding carboxylic acids is 2. The van der Waals surface area contributed by atoms with Gasteiger partial charge in [-0.1, -0.05) is 19.1 Å². The Morgan fingerprint density at radius 1 is 1.20 bits per heavy atom. The fourth-order valence-corrected chi connectivity index (χ4v) is 2.83. The highest BCUT2D eigenvalue weighted by Crippen LogP contribution is 2.11. The molecule has 0 aromatic heterocycles. The van der Waals surface area contributed by atoms with Gasteiger partial charge < -0.3 is 5.32 Å². The first-order valence-corrected chi connectivity index (χ1v) is 7.60. The van der Waals surface area contributed by atoms with Crippen LogP contribution in [-0.2, 0) is 21.2 Å². The number of urea groups is 1. The third kappa shape index (κ3) is 3.14. The molecule has 1 atom stereocenters. The van der Waals surface area contributed by atoms with Gasteiger partial charge >= 0.3 is 6.03 Å². The Morgan fingerprint density at radius 3 is 2.35 bits per heavy atom. The summed E-state index contributed by atoms with van der Waals surface area (Å²) < 4.78 is 26.3. The van der Waals surface area contributed by atoms with Crippen molar-refractivity contribution in [2.45, 2.75) is 24.3 Å². The Kier molecular flexibility index (Phi) is 4.05. The maximum absolute atomic E-state index is 12.0. The van der Waals surface area contributed by atoms with Crippen LogP contribution >= 0.6 is 0 Å². The Morgan fingerprint density at radius 2 is 1.85 bits per heavy atom. The fraction of sp³-hybridized carbons (Fsp3) is 0.333. The molecule has 20 heavy (non-hydrogen) atoms. The van der Waals surface area contributed by atoms with Gasteiger partial charge in [-0.3, -0.25) is 10.1 Å². The number of benzene rings is 1. The van der Waals surface area contributed by atoms with Gasteiger partial charge in [0, 0.05) is 6.54 Å². The predicted octanol–water partition coefficient (Wildman–Crippen LogP) is -0.265. The number of carbonyl (C=O) groups is 2. The molecule has 0 saturated carbocycles. The molecule has 1 aromatic carbocycles. The summed E-state index contributed by atoms with van der Waals surface area (Å²) in [5, 5.41) is 4.35. The highest BCUT2D eigenvalue weighted by atomic mass is 32.2. The summed E-state index contributed by atoms with van der Waals surface area (Å²) in [6.07, 6.45) is 0.821. The van der Waals surface area contributed by atoms with Gasteiger partial charge in [0.2, 0.25) is 10.0 Å². The van der Waals surface area contributed by atoms with E-state index in [1.807, 2.05) is 12.2 Å². The molecule has 1 unspecified atom stereocenters. The van der Waals surface area contributed by atoms with E-state index >= 15 is 0 Å². The van der Waals surface area contributed by atoms with E-state index < -0.39 is 28.0 Å². The van der Waals surface area contributed by atoms with Crippen molar-refractivity contribution in [1.82, 2.24) is 15.4 Å². The first-order chi connectivity index (χ1) is 9.42. The van der Waals surface area contributed by atoms with Gasteiger partial charge in [-0.2, -0.15) is 0 Å². The molecule has 1 saturated heterocycles. The smallest absolute Gasteiger partial charge is 0.322 e. The number of hydrogen-bond donors (Lipinski definition) is 3. The normalized spacial score (nSPS) is 18.8. The standard InChI is InChI=1S/C12H15N3O4S/c1-2-8-3-5-9(6-4-8)20(18,19)13-7-10-11(16)15-12(17)14-10/h3-6,10,13H,2,7H2,1H3,(H2,14,15,16,17). The summed E-state index contributed by atoms with van der Waals surface area (Å²) in [6, 6.07) is 4.99. The SMILES string of the molecule is CCc1ccc(S(=O)(=O)NCC2NC(=O)NC2=O)cc1. The molecule has 8 heteroatoms. The van der Waals surface area contributed by atoms with Gasteiger partial charge in [-0.25, -0.2) is 17.9 Å². The second-order valence-corrected chi connectivity index (χ2v) is 6.13. The lowest BCUT2D eigenvalue weighted by atomic mass is 10.2. The second-order valence-electron chi connectivity index (χ2n) is 4.36. The predicted molar refractivity (Wildman–Crippen MR) is 71.5 cm³/mol. The lowest BCUT2D eigenvalue weighted by Crippen LogP contribution is -2.41. The Hall–Kier alpha value is -1.93. The average molecular weight is 297 g/mol. The molecule has 0 spiro atoms. The molecule has 7 nitrogen and oxygen atoms in total. The third-order valence-corrected chi connectivity index (χ3v) is 4.42. The van der Waals surface area contributed by atoms with Crippen molar-refractivity contribution in [3.8, 4) is 0 Å². The quantitative estimate of drug-likeness (QED) is 0.651. The lowest BCUT2D eigenvalue weighted by Gasteiger charge is -2.10. The van der Waals surface area contributed by atoms with Crippen LogP contribution in [0.15, 0.2) is 29.2 Å². The molecule has 1 fully saturated rings. The van der Waals surface area contributed by atoms with E-state index in [1.54, 1.807) is 12.1 Å². The Balaban J connectivity index is 2.03. The fourth-order valence-electron chi connectivity index (χ4n) is 1.78. The molecule has 0 aliphatic carbocycles. The summed E-state index contributed by atoms with van der Waals surface area (Å²) in [5.41, 5.74) is 1.03. The van der Waals surface area contributed by atoms with E-state index in [9.17, 15) is 18.0 Å². The van der Waals surface area contributed by atoms with E-state index in [2.05, 4.69) is 10.0 Å². The van der Waals surface area contributed by atoms with Crippen molar-refractivity contribution in [1.29, 1.82) is 0 Å². The second kappa shape index (κ2) is 5.59. The number of sulfonamides is 1. The molecule has 108 valence electrons. The summed E-state index contributed by atoms with van der Waals surface area (Å²) in [7, 11) is -3.69. The number of imide groups is 1. The van der Waals surface area contributed by atoms with Crippen LogP contribution < -0.4 is 15.4 Å². The van der Waals surface area contributed by atoms with Crippen LogP contribution in [0.5, 0.6) is 0 Å². The summed E-state index contributed by atoms with van der Waals surface area (Å²) in [5.74, 6) is -0.543. The molecule has 0 radical (unpaired) electrons. The highest BCUT2D eigenvalue weighted by molar-refractivity contribution is 7.89. The number of aryl methyl sites for hydroxylation is 1. The zero-order valence-corrected chi connectivity index (χ0v) is 11.7. The van der Waals surface area contributed by atoms with Gasteiger partial charge in [0.1, 0.15) is 6.04 Å². The molecule has 0 bridgehead atoms. The number of rotatable bonds is 5. The van der Waals surface area contributed by atoms with Crippen molar-refractivity contribution in [2.24, 2.45) is 0 Å². The molecular formula is C12H15N3O4S. The highest BCUT2D eigenvalue weighted by Gasteiger charge is 2.30. The molecule has 2 rings (SSSR count). The van der Waals surface area contributed by atoms with Gasteiger partial charge in [-0.15, -0.1) is 0 Å². The van der Waals surface area contributed by atoms with Gasteiger partial charge in [0.05, 0.1) is 4.90 Å². The van der Waals surface area contributed by atoms with E-state index in [0.717, 1.165) is 12.0 Å². The van der Waals surface area contributed by atoms with E-state index in [-0.39, 0.29) is 11.4 Å². The first-order valence-electron chi connectivity index (χ1n) is 6.12. The molecule has 1 aromatic rings. The summed E-state index contributed by atoms with van der Waals surface area (Å²) in [6.45, 7) is 1.79. The van der Waals surface area contributed by atoms with Crippen LogP contribution in [-0.4, -0.2) is 32.9 Å². The minimum atomic E-state index is -3.69. The largest absolute Gasteiger partial charge is 0.325 e. The van der Waals surface area contributed by atoms with Crippen LogP contribution in [0, 0.1) is 0 Å². The number of amides is 3. The Labute approximate surface area is 116 Å². The van der Waals surface area contributed by atoms with Crippen molar-refractivity contribution in [3.63, 3.8) is 0 Å². The maximum Gasteiger partial charge on any atom is 0.322 e. The lowest BCUT2D eigenvalue weighted by molar-refractivity contribution is -0.120. The number of nitrogens with one attached hydrogen (secondary N) is 3. The van der Waals surface area contributed by atoms with Crippen LogP contribution in [0.2, 0.25) is 0 Å². The molecular weight excluding hydrogens is 282 g/mol. The van der Waals surface area contributed by atoms with Crippen LogP contribution in [0.3, 0.4) is 0 Å². The molecule has 1 heterocycles. The van der Waals surface area contributed by atoms with Crippen molar-refractivity contribution in [3.05, 3.63) is 29.8 Å². The van der Waals surface area contributed by atoms with Crippen LogP contribution in [0.25, 0.3) is 0 Å². The minimum Gasteiger partial charge on any atom is -0.325 e. The Bertz CT molecular complexity index is 625. The summed E-state index contributed by atoms with van der Waals surface area (Å²) >= 11 is 0. The van der Waals surface area contributed by atoms with Crippen LogP contribution in [0.4, 0.5) is 4.79 Å². The van der Waals surface area contributed by atoms with Crippen molar-refractivity contribution in [2.75, 3.05) is 6.54 Å². The van der Waals surface area contributed by atoms with E-state index in [4.69, 9.17) is 0 Å². The third-order valence-electron chi connectivity index (χ3n) is 2.98. The van der Waals surface area contributed by atoms with Crippen LogP contribution in [0.1, 0.15) is 12.5 Å². The monoisotopic (exact) mass is 297 g/mol. The molecule has 1 aliphatic rings. The molecule has 3 N–H and O–H groups in total. The van der Waals surface area contributed by atoms with E-state index in [1.165, 1.54) is 12.1 Å². The van der Waals surface area contributed by atoms with Gasteiger partial charge in [-0.05, 0) is 24.1 Å². The zero-order chi connectivity index (χ0) is 14.8.